The van der Waals surface area contributed by atoms with E-state index in [2.05, 4.69) is 0 Å². The molecule has 0 spiro atoms. The Hall–Kier alpha value is -2.34. The van der Waals surface area contributed by atoms with Crippen LogP contribution in [-0.4, -0.2) is 14.2 Å². The van der Waals surface area contributed by atoms with Crippen LogP contribution in [0.15, 0.2) is 60.5 Å². The van der Waals surface area contributed by atoms with E-state index in [-0.39, 0.29) is 21.7 Å². The van der Waals surface area contributed by atoms with E-state index in [1.165, 1.54) is 52.9 Å². The molecule has 0 fully saturated rings. The first kappa shape index (κ1) is 24.8. The second-order valence-electron chi connectivity index (χ2n) is 8.15. The zero-order valence-electron chi connectivity index (χ0n) is 18.4. The van der Waals surface area contributed by atoms with E-state index in [0.717, 1.165) is 26.2 Å². The van der Waals surface area contributed by atoms with Gasteiger partial charge in [0, 0.05) is 18.5 Å². The number of alkyl halides is 3. The molecule has 1 aromatic carbocycles. The van der Waals surface area contributed by atoms with E-state index in [4.69, 9.17) is 0 Å². The van der Waals surface area contributed by atoms with E-state index in [1.54, 1.807) is 0 Å². The molecule has 1 N–H and O–H groups in total. The molecule has 180 valence electrons. The highest BCUT2D eigenvalue weighted by Crippen LogP contribution is 2.47. The molecule has 1 unspecified atom stereocenters. The number of benzene rings is 1. The lowest BCUT2D eigenvalue weighted by molar-refractivity contribution is -0.139. The van der Waals surface area contributed by atoms with Gasteiger partial charge in [-0.2, -0.15) is 13.2 Å². The first-order chi connectivity index (χ1) is 16.0. The number of nitrogens with zero attached hydrogens (tertiary/aromatic N) is 2. The van der Waals surface area contributed by atoms with Gasteiger partial charge in [0.1, 0.15) is 10.9 Å². The zero-order chi connectivity index (χ0) is 24.8. The van der Waals surface area contributed by atoms with E-state index in [0.29, 0.717) is 16.3 Å². The first-order valence-electron chi connectivity index (χ1n) is 10.3. The number of rotatable bonds is 6. The third kappa shape index (κ3) is 4.49. The quantitative estimate of drug-likeness (QED) is 0.349. The number of aliphatic hydroxyl groups is 1. The third-order valence-electron chi connectivity index (χ3n) is 5.21. The summed E-state index contributed by atoms with van der Waals surface area (Å²) in [7, 11) is 1.38. The summed E-state index contributed by atoms with van der Waals surface area (Å²) in [5, 5.41) is 13.3. The van der Waals surface area contributed by atoms with Crippen LogP contribution in [0.1, 0.15) is 36.0 Å². The number of fused-ring (bicyclic) bond motifs is 1. The molecule has 5 nitrogen and oxygen atoms in total. The van der Waals surface area contributed by atoms with Crippen LogP contribution >= 0.6 is 34.4 Å². The Kier molecular flexibility index (Phi) is 6.83. The molecule has 0 aliphatic carbocycles. The maximum absolute atomic E-state index is 13.7. The van der Waals surface area contributed by atoms with Gasteiger partial charge in [-0.15, -0.1) is 22.7 Å². The monoisotopic (exact) mass is 526 g/mol. The highest BCUT2D eigenvalue weighted by Gasteiger charge is 2.36. The Morgan fingerprint density at radius 1 is 1.12 bits per heavy atom. The van der Waals surface area contributed by atoms with Gasteiger partial charge in [-0.05, 0) is 29.0 Å². The largest absolute Gasteiger partial charge is 0.416 e. The minimum Gasteiger partial charge on any atom is -0.383 e. The third-order valence-corrected chi connectivity index (χ3v) is 8.77. The van der Waals surface area contributed by atoms with Crippen LogP contribution < -0.4 is 11.2 Å². The van der Waals surface area contributed by atoms with Crippen molar-refractivity contribution in [3.05, 3.63) is 78.6 Å². The fourth-order valence-electron chi connectivity index (χ4n) is 3.69. The van der Waals surface area contributed by atoms with Crippen LogP contribution in [0.5, 0.6) is 0 Å². The Morgan fingerprint density at radius 3 is 2.44 bits per heavy atom. The van der Waals surface area contributed by atoms with Crippen molar-refractivity contribution in [1.29, 1.82) is 0 Å². The van der Waals surface area contributed by atoms with Crippen molar-refractivity contribution in [2.24, 2.45) is 13.0 Å². The second kappa shape index (κ2) is 9.37. The number of hydrogen-bond donors (Lipinski definition) is 1. The molecule has 3 aromatic heterocycles. The van der Waals surface area contributed by atoms with Gasteiger partial charge in [-0.3, -0.25) is 13.9 Å². The van der Waals surface area contributed by atoms with Gasteiger partial charge >= 0.3 is 11.9 Å². The van der Waals surface area contributed by atoms with Gasteiger partial charge in [-0.1, -0.05) is 49.9 Å². The summed E-state index contributed by atoms with van der Waals surface area (Å²) in [5.41, 5.74) is -2.29. The molecule has 0 aliphatic heterocycles. The Bertz CT molecular complexity index is 1450. The molecule has 34 heavy (non-hydrogen) atoms. The standard InChI is InChI=1S/C23H21F3N2O3S3/c1-12(2)11-28-21-16(20(30)27(3)22(28)31)18(33-15-9-6-10-32-15)19(34-21)17(29)13-7-4-5-8-14(13)23(24,25)26/h4-10,12,17,29H,11H2,1-3H3. The van der Waals surface area contributed by atoms with Gasteiger partial charge in [0.15, 0.2) is 0 Å². The number of aliphatic hydroxyl groups excluding tert-OH is 1. The molecule has 0 amide bonds. The SMILES string of the molecule is CC(C)Cn1c(=O)n(C)c(=O)c2c(Sc3cccs3)c(C(O)c3ccccc3C(F)(F)F)sc21. The average Bonchev–Trinajstić information content (AvgIpc) is 3.42. The van der Waals surface area contributed by atoms with Gasteiger partial charge in [-0.25, -0.2) is 4.79 Å². The molecular weight excluding hydrogens is 505 g/mol. The molecule has 4 rings (SSSR count). The predicted octanol–water partition coefficient (Wildman–Crippen LogP) is 5.73. The topological polar surface area (TPSA) is 64.2 Å². The molecule has 0 saturated carbocycles. The average molecular weight is 527 g/mol. The Morgan fingerprint density at radius 2 is 1.82 bits per heavy atom. The van der Waals surface area contributed by atoms with Crippen molar-refractivity contribution in [1.82, 2.24) is 9.13 Å². The van der Waals surface area contributed by atoms with Crippen LogP contribution in [0, 0.1) is 5.92 Å². The number of thiophene rings is 2. The van der Waals surface area contributed by atoms with Crippen molar-refractivity contribution in [3.8, 4) is 0 Å². The zero-order valence-corrected chi connectivity index (χ0v) is 20.9. The van der Waals surface area contributed by atoms with Crippen LogP contribution in [0.3, 0.4) is 0 Å². The molecule has 11 heteroatoms. The summed E-state index contributed by atoms with van der Waals surface area (Å²) in [4.78, 5) is 27.1. The van der Waals surface area contributed by atoms with Crippen LogP contribution in [0.2, 0.25) is 0 Å². The van der Waals surface area contributed by atoms with Gasteiger partial charge in [0.2, 0.25) is 0 Å². The molecule has 0 saturated heterocycles. The smallest absolute Gasteiger partial charge is 0.383 e. The maximum Gasteiger partial charge on any atom is 0.416 e. The molecule has 0 radical (unpaired) electrons. The number of aromatic nitrogens is 2. The normalized spacial score (nSPS) is 13.2. The predicted molar refractivity (Wildman–Crippen MR) is 130 cm³/mol. The highest BCUT2D eigenvalue weighted by molar-refractivity contribution is 8.01. The minimum atomic E-state index is -4.66. The van der Waals surface area contributed by atoms with Crippen molar-refractivity contribution in [2.75, 3.05) is 0 Å². The van der Waals surface area contributed by atoms with Gasteiger partial charge in [0.05, 0.1) is 20.0 Å². The molecule has 3 heterocycles. The Balaban J connectivity index is 2.05. The molecule has 4 aromatic rings. The van der Waals surface area contributed by atoms with E-state index in [9.17, 15) is 27.9 Å². The number of hydrogen-bond acceptors (Lipinski definition) is 6. The fourth-order valence-corrected chi connectivity index (χ4v) is 7.10. The number of halogens is 3. The van der Waals surface area contributed by atoms with Crippen molar-refractivity contribution in [2.45, 2.75) is 41.8 Å². The summed E-state index contributed by atoms with van der Waals surface area (Å²) in [5.74, 6) is 0.0771. The summed E-state index contributed by atoms with van der Waals surface area (Å²) < 4.78 is 44.4. The minimum absolute atomic E-state index is 0.0771. The van der Waals surface area contributed by atoms with Gasteiger partial charge < -0.3 is 5.11 Å². The van der Waals surface area contributed by atoms with E-state index < -0.39 is 29.1 Å². The van der Waals surface area contributed by atoms with Crippen molar-refractivity contribution in [3.63, 3.8) is 0 Å². The highest BCUT2D eigenvalue weighted by atomic mass is 32.2. The summed E-state index contributed by atoms with van der Waals surface area (Å²) in [6.07, 6.45) is -6.30. The van der Waals surface area contributed by atoms with Gasteiger partial charge in [0.25, 0.3) is 5.56 Å². The molecule has 0 aliphatic rings. The van der Waals surface area contributed by atoms with E-state index in [1.807, 2.05) is 31.4 Å². The van der Waals surface area contributed by atoms with Crippen molar-refractivity contribution >= 4 is 44.7 Å². The van der Waals surface area contributed by atoms with Crippen LogP contribution in [0.25, 0.3) is 10.2 Å². The summed E-state index contributed by atoms with van der Waals surface area (Å²) in [6, 6.07) is 8.50. The molecule has 0 bridgehead atoms. The summed E-state index contributed by atoms with van der Waals surface area (Å²) in [6.45, 7) is 4.17. The lowest BCUT2D eigenvalue weighted by atomic mass is 10.0. The second-order valence-corrected chi connectivity index (χ2v) is 11.4. The maximum atomic E-state index is 13.7. The van der Waals surface area contributed by atoms with Crippen LogP contribution in [0.4, 0.5) is 13.2 Å². The summed E-state index contributed by atoms with van der Waals surface area (Å²) >= 11 is 3.61. The van der Waals surface area contributed by atoms with Crippen molar-refractivity contribution < 1.29 is 18.3 Å². The fraction of sp³-hybridized carbons (Fsp3) is 0.304. The van der Waals surface area contributed by atoms with E-state index >= 15 is 0 Å². The lowest BCUT2D eigenvalue weighted by Gasteiger charge is -2.17. The Labute approximate surface area is 205 Å². The molecule has 1 atom stereocenters. The molecular formula is C23H21F3N2O3S3. The first-order valence-corrected chi connectivity index (χ1v) is 12.8. The lowest BCUT2D eigenvalue weighted by Crippen LogP contribution is -2.38. The van der Waals surface area contributed by atoms with Crippen LogP contribution in [-0.2, 0) is 19.8 Å².